The molecule has 1 rings (SSSR count). The highest BCUT2D eigenvalue weighted by Gasteiger charge is 2.24. The first-order valence-corrected chi connectivity index (χ1v) is 8.55. The molecule has 0 fully saturated rings. The number of nitrogens with zero attached hydrogens (tertiary/aromatic N) is 2. The summed E-state index contributed by atoms with van der Waals surface area (Å²) < 4.78 is 0. The zero-order valence-corrected chi connectivity index (χ0v) is 15.5. The molecule has 0 aromatic carbocycles. The number of aliphatic hydroxyl groups is 1. The highest BCUT2D eigenvalue weighted by atomic mass is 32.1. The van der Waals surface area contributed by atoms with Gasteiger partial charge in [-0.05, 0) is 27.7 Å². The predicted octanol–water partition coefficient (Wildman–Crippen LogP) is 3.30. The molecule has 1 atom stereocenters. The average Bonchev–Trinajstić information content (AvgIpc) is 2.83. The number of hydrogen-bond acceptors (Lipinski definition) is 4. The number of hydrogen-bond donors (Lipinski definition) is 2. The Morgan fingerprint density at radius 2 is 2.00 bits per heavy atom. The number of carbonyl (C=O) groups excluding carboxylic acids is 1. The van der Waals surface area contributed by atoms with Crippen LogP contribution < -0.4 is 5.32 Å². The topological polar surface area (TPSA) is 65.5 Å². The molecule has 5 nitrogen and oxygen atoms in total. The number of rotatable bonds is 5. The van der Waals surface area contributed by atoms with Crippen LogP contribution in [0.5, 0.6) is 0 Å². The normalized spacial score (nSPS) is 13.8. The number of carbonyl (C=O) groups is 1. The third-order valence-corrected chi connectivity index (χ3v) is 4.27. The smallest absolute Gasteiger partial charge is 0.318 e. The van der Waals surface area contributed by atoms with Crippen LogP contribution in [0.1, 0.15) is 65.2 Å². The van der Waals surface area contributed by atoms with Crippen LogP contribution in [0.4, 0.5) is 4.79 Å². The molecule has 2 N–H and O–H groups in total. The van der Waals surface area contributed by atoms with E-state index < -0.39 is 5.60 Å². The van der Waals surface area contributed by atoms with Gasteiger partial charge in [0.25, 0.3) is 0 Å². The molecule has 1 aromatic rings. The van der Waals surface area contributed by atoms with Crippen molar-refractivity contribution in [3.63, 3.8) is 0 Å². The van der Waals surface area contributed by atoms with Gasteiger partial charge in [-0.1, -0.05) is 20.8 Å². The van der Waals surface area contributed by atoms with E-state index in [0.717, 1.165) is 10.7 Å². The molecular weight excluding hydrogens is 298 g/mol. The molecule has 0 spiro atoms. The molecule has 0 aliphatic rings. The van der Waals surface area contributed by atoms with E-state index in [4.69, 9.17) is 0 Å². The summed E-state index contributed by atoms with van der Waals surface area (Å²) in [5.41, 5.74) is 0.142. The molecule has 6 heteroatoms. The molecule has 126 valence electrons. The summed E-state index contributed by atoms with van der Waals surface area (Å²) in [6.45, 7) is 14.4. The molecule has 1 unspecified atom stereocenters. The summed E-state index contributed by atoms with van der Waals surface area (Å²) in [6.07, 6.45) is 0. The summed E-state index contributed by atoms with van der Waals surface area (Å²) in [5, 5.41) is 15.8. The van der Waals surface area contributed by atoms with Crippen molar-refractivity contribution in [2.75, 3.05) is 13.1 Å². The number of thiazole rings is 1. The Morgan fingerprint density at radius 3 is 2.41 bits per heavy atom. The van der Waals surface area contributed by atoms with Gasteiger partial charge < -0.3 is 15.3 Å². The van der Waals surface area contributed by atoms with Gasteiger partial charge in [-0.25, -0.2) is 9.78 Å². The lowest BCUT2D eigenvalue weighted by atomic mass is 9.93. The summed E-state index contributed by atoms with van der Waals surface area (Å²) in [4.78, 5) is 18.6. The molecule has 1 aromatic heterocycles. The second-order valence-electron chi connectivity index (χ2n) is 7.32. The second kappa shape index (κ2) is 6.96. The minimum Gasteiger partial charge on any atom is -0.389 e. The quantitative estimate of drug-likeness (QED) is 0.872. The highest BCUT2D eigenvalue weighted by molar-refractivity contribution is 7.09. The first-order valence-electron chi connectivity index (χ1n) is 7.67. The monoisotopic (exact) mass is 327 g/mol. The molecule has 0 bridgehead atoms. The largest absolute Gasteiger partial charge is 0.389 e. The molecule has 1 heterocycles. The van der Waals surface area contributed by atoms with Gasteiger partial charge in [0.1, 0.15) is 5.01 Å². The molecule has 0 radical (unpaired) electrons. The van der Waals surface area contributed by atoms with Crippen molar-refractivity contribution in [3.05, 3.63) is 16.1 Å². The van der Waals surface area contributed by atoms with Gasteiger partial charge in [0.05, 0.1) is 23.9 Å². The van der Waals surface area contributed by atoms with E-state index in [-0.39, 0.29) is 17.5 Å². The van der Waals surface area contributed by atoms with Crippen LogP contribution in [0.2, 0.25) is 0 Å². The number of likely N-dealkylation sites (N-methyl/N-ethyl adjacent to an activating group) is 1. The Labute approximate surface area is 137 Å². The van der Waals surface area contributed by atoms with Crippen LogP contribution >= 0.6 is 11.3 Å². The van der Waals surface area contributed by atoms with Gasteiger partial charge in [0, 0.05) is 17.3 Å². The zero-order chi connectivity index (χ0) is 17.1. The number of nitrogens with one attached hydrogen (secondary N) is 1. The predicted molar refractivity (Wildman–Crippen MR) is 91.3 cm³/mol. The van der Waals surface area contributed by atoms with E-state index in [1.165, 1.54) is 0 Å². The number of amides is 2. The lowest BCUT2D eigenvalue weighted by molar-refractivity contribution is 0.0476. The standard InChI is InChI=1S/C16H29N3O2S/c1-8-19(10-16(6,7)21)14(20)17-11(2)13-18-12(9-22-13)15(3,4)5/h9,11,21H,8,10H2,1-7H3,(H,17,20). The Kier molecular flexibility index (Phi) is 5.98. The van der Waals surface area contributed by atoms with Gasteiger partial charge >= 0.3 is 6.03 Å². The molecule has 0 saturated heterocycles. The van der Waals surface area contributed by atoms with E-state index in [9.17, 15) is 9.90 Å². The third kappa shape index (κ3) is 5.57. The van der Waals surface area contributed by atoms with Gasteiger partial charge in [-0.2, -0.15) is 0 Å². The van der Waals surface area contributed by atoms with Crippen molar-refractivity contribution in [1.82, 2.24) is 15.2 Å². The molecule has 22 heavy (non-hydrogen) atoms. The minimum atomic E-state index is -0.906. The van der Waals surface area contributed by atoms with Crippen molar-refractivity contribution in [3.8, 4) is 0 Å². The Balaban J connectivity index is 2.72. The molecule has 2 amide bonds. The van der Waals surface area contributed by atoms with Crippen molar-refractivity contribution in [2.24, 2.45) is 0 Å². The number of urea groups is 1. The van der Waals surface area contributed by atoms with Gasteiger partial charge in [0.15, 0.2) is 0 Å². The summed E-state index contributed by atoms with van der Waals surface area (Å²) in [7, 11) is 0. The third-order valence-electron chi connectivity index (χ3n) is 3.25. The van der Waals surface area contributed by atoms with Crippen molar-refractivity contribution in [1.29, 1.82) is 0 Å². The highest BCUT2D eigenvalue weighted by Crippen LogP contribution is 2.26. The second-order valence-corrected chi connectivity index (χ2v) is 8.21. The van der Waals surface area contributed by atoms with Crippen LogP contribution in [0.25, 0.3) is 0 Å². The van der Waals surface area contributed by atoms with Crippen molar-refractivity contribution in [2.45, 2.75) is 65.5 Å². The first-order chi connectivity index (χ1) is 9.94. The van der Waals surface area contributed by atoms with E-state index in [1.54, 1.807) is 30.1 Å². The van der Waals surface area contributed by atoms with Crippen molar-refractivity contribution >= 4 is 17.4 Å². The van der Waals surface area contributed by atoms with Crippen LogP contribution in [-0.4, -0.2) is 39.7 Å². The lowest BCUT2D eigenvalue weighted by Crippen LogP contribution is -2.47. The van der Waals surface area contributed by atoms with Gasteiger partial charge in [-0.3, -0.25) is 0 Å². The van der Waals surface area contributed by atoms with E-state index in [0.29, 0.717) is 13.1 Å². The molecule has 0 aliphatic carbocycles. The van der Waals surface area contributed by atoms with Crippen LogP contribution in [-0.2, 0) is 5.41 Å². The Hall–Kier alpha value is -1.14. The zero-order valence-electron chi connectivity index (χ0n) is 14.7. The lowest BCUT2D eigenvalue weighted by Gasteiger charge is -2.29. The van der Waals surface area contributed by atoms with E-state index in [1.807, 2.05) is 19.2 Å². The maximum atomic E-state index is 12.3. The Bertz CT molecular complexity index is 500. The molecular formula is C16H29N3O2S. The SMILES string of the molecule is CCN(CC(C)(C)O)C(=O)NC(C)c1nc(C(C)(C)C)cs1. The summed E-state index contributed by atoms with van der Waals surface area (Å²) >= 11 is 1.57. The fourth-order valence-corrected chi connectivity index (χ4v) is 3.02. The molecule has 0 saturated carbocycles. The average molecular weight is 327 g/mol. The first kappa shape index (κ1) is 18.9. The van der Waals surface area contributed by atoms with E-state index in [2.05, 4.69) is 31.1 Å². The Morgan fingerprint density at radius 1 is 1.41 bits per heavy atom. The maximum absolute atomic E-state index is 12.3. The number of aromatic nitrogens is 1. The van der Waals surface area contributed by atoms with Crippen molar-refractivity contribution < 1.29 is 9.90 Å². The fourth-order valence-electron chi connectivity index (χ4n) is 1.96. The van der Waals surface area contributed by atoms with E-state index >= 15 is 0 Å². The van der Waals surface area contributed by atoms with Crippen LogP contribution in [0.15, 0.2) is 5.38 Å². The minimum absolute atomic E-state index is 0.00878. The summed E-state index contributed by atoms with van der Waals surface area (Å²) in [5.74, 6) is 0. The van der Waals surface area contributed by atoms with Crippen LogP contribution in [0.3, 0.4) is 0 Å². The van der Waals surface area contributed by atoms with Gasteiger partial charge in [-0.15, -0.1) is 11.3 Å². The maximum Gasteiger partial charge on any atom is 0.318 e. The fraction of sp³-hybridized carbons (Fsp3) is 0.750. The summed E-state index contributed by atoms with van der Waals surface area (Å²) in [6, 6.07) is -0.325. The molecule has 0 aliphatic heterocycles. The van der Waals surface area contributed by atoms with Crippen LogP contribution in [0, 0.1) is 0 Å². The van der Waals surface area contributed by atoms with Gasteiger partial charge in [0.2, 0.25) is 0 Å².